The van der Waals surface area contributed by atoms with Gasteiger partial charge in [-0.1, -0.05) is 41.6 Å². The Morgan fingerprint density at radius 2 is 1.92 bits per heavy atom. The van der Waals surface area contributed by atoms with E-state index in [0.29, 0.717) is 29.0 Å². The Morgan fingerprint density at radius 3 is 2.73 bits per heavy atom. The minimum atomic E-state index is -0.569. The van der Waals surface area contributed by atoms with Gasteiger partial charge in [0, 0.05) is 6.54 Å². The molecule has 0 radical (unpaired) electrons. The van der Waals surface area contributed by atoms with Crippen molar-refractivity contribution < 1.29 is 4.79 Å². The molecule has 26 heavy (non-hydrogen) atoms. The molecule has 2 aromatic carbocycles. The summed E-state index contributed by atoms with van der Waals surface area (Å²) in [7, 11) is 0. The lowest BCUT2D eigenvalue weighted by Crippen LogP contribution is -2.11. The summed E-state index contributed by atoms with van der Waals surface area (Å²) in [6.45, 7) is 0.600. The van der Waals surface area contributed by atoms with E-state index in [-0.39, 0.29) is 5.95 Å². The zero-order valence-electron chi connectivity index (χ0n) is 13.6. The van der Waals surface area contributed by atoms with Gasteiger partial charge in [0.2, 0.25) is 0 Å². The van der Waals surface area contributed by atoms with Crippen LogP contribution >= 0.6 is 0 Å². The lowest BCUT2D eigenvalue weighted by molar-refractivity contribution is 0.100. The fourth-order valence-electron chi connectivity index (χ4n) is 2.55. The van der Waals surface area contributed by atoms with Gasteiger partial charge >= 0.3 is 0 Å². The first-order valence-corrected chi connectivity index (χ1v) is 7.84. The second-order valence-corrected chi connectivity index (χ2v) is 5.52. The van der Waals surface area contributed by atoms with E-state index >= 15 is 0 Å². The van der Waals surface area contributed by atoms with Gasteiger partial charge in [-0.2, -0.15) is 14.8 Å². The van der Waals surface area contributed by atoms with E-state index in [1.165, 1.54) is 10.9 Å². The summed E-state index contributed by atoms with van der Waals surface area (Å²) in [6.07, 6.45) is 1.53. The third kappa shape index (κ3) is 2.93. The average Bonchev–Trinajstić information content (AvgIpc) is 3.11. The number of carbonyl (C=O) groups excluding carboxylic acids is 1. The SMILES string of the molecule is NC(=O)c1cccc2c1nnn2-c1nncc(NCc2ccccc2)n1. The predicted octanol–water partition coefficient (Wildman–Crippen LogP) is 1.32. The Hall–Kier alpha value is -3.88. The highest BCUT2D eigenvalue weighted by Gasteiger charge is 2.15. The molecule has 0 saturated heterocycles. The van der Waals surface area contributed by atoms with Gasteiger partial charge in [-0.3, -0.25) is 4.79 Å². The molecule has 0 aliphatic carbocycles. The first-order valence-electron chi connectivity index (χ1n) is 7.84. The number of primary amides is 1. The van der Waals surface area contributed by atoms with Crippen LogP contribution in [0.3, 0.4) is 0 Å². The van der Waals surface area contributed by atoms with Crippen molar-refractivity contribution in [3.05, 3.63) is 65.9 Å². The molecule has 0 aliphatic heterocycles. The maximum absolute atomic E-state index is 11.5. The summed E-state index contributed by atoms with van der Waals surface area (Å²) in [5, 5.41) is 19.2. The molecule has 0 bridgehead atoms. The van der Waals surface area contributed by atoms with Gasteiger partial charge in [-0.25, -0.2) is 0 Å². The molecule has 3 N–H and O–H groups in total. The van der Waals surface area contributed by atoms with Gasteiger partial charge in [0.05, 0.1) is 17.3 Å². The van der Waals surface area contributed by atoms with E-state index in [9.17, 15) is 4.79 Å². The normalized spacial score (nSPS) is 10.8. The zero-order chi connectivity index (χ0) is 17.9. The molecule has 4 rings (SSSR count). The van der Waals surface area contributed by atoms with Crippen molar-refractivity contribution in [2.75, 3.05) is 5.32 Å². The topological polar surface area (TPSA) is 125 Å². The van der Waals surface area contributed by atoms with Gasteiger partial charge < -0.3 is 11.1 Å². The van der Waals surface area contributed by atoms with E-state index in [2.05, 4.69) is 30.8 Å². The van der Waals surface area contributed by atoms with Crippen LogP contribution in [-0.4, -0.2) is 36.1 Å². The summed E-state index contributed by atoms with van der Waals surface area (Å²) in [5.74, 6) is 0.223. The first-order chi connectivity index (χ1) is 12.7. The van der Waals surface area contributed by atoms with Gasteiger partial charge in [0.25, 0.3) is 11.9 Å². The fourth-order valence-corrected chi connectivity index (χ4v) is 2.55. The molecule has 128 valence electrons. The van der Waals surface area contributed by atoms with Crippen molar-refractivity contribution in [1.29, 1.82) is 0 Å². The Balaban J connectivity index is 1.65. The molecule has 2 heterocycles. The number of anilines is 1. The maximum Gasteiger partial charge on any atom is 0.274 e. The van der Waals surface area contributed by atoms with Gasteiger partial charge in [-0.05, 0) is 17.7 Å². The molecule has 2 aromatic heterocycles. The van der Waals surface area contributed by atoms with Crippen molar-refractivity contribution in [3.63, 3.8) is 0 Å². The number of carbonyl (C=O) groups is 1. The van der Waals surface area contributed by atoms with E-state index in [1.807, 2.05) is 30.3 Å². The molecular formula is C17H14N8O. The van der Waals surface area contributed by atoms with Gasteiger partial charge in [0.1, 0.15) is 5.52 Å². The van der Waals surface area contributed by atoms with Crippen LogP contribution in [0.1, 0.15) is 15.9 Å². The van der Waals surface area contributed by atoms with Crippen LogP contribution in [0.15, 0.2) is 54.7 Å². The number of nitrogens with zero attached hydrogens (tertiary/aromatic N) is 6. The van der Waals surface area contributed by atoms with E-state index in [4.69, 9.17) is 5.73 Å². The van der Waals surface area contributed by atoms with Crippen molar-refractivity contribution in [2.24, 2.45) is 5.73 Å². The molecule has 0 spiro atoms. The number of nitrogens with one attached hydrogen (secondary N) is 1. The second-order valence-electron chi connectivity index (χ2n) is 5.52. The summed E-state index contributed by atoms with van der Waals surface area (Å²) >= 11 is 0. The molecule has 0 aliphatic rings. The molecule has 4 aromatic rings. The molecule has 0 saturated carbocycles. The van der Waals surface area contributed by atoms with E-state index < -0.39 is 5.91 Å². The van der Waals surface area contributed by atoms with Crippen LogP contribution in [0, 0.1) is 0 Å². The number of rotatable bonds is 5. The lowest BCUT2D eigenvalue weighted by Gasteiger charge is -2.06. The average molecular weight is 346 g/mol. The number of amides is 1. The monoisotopic (exact) mass is 346 g/mol. The number of hydrogen-bond donors (Lipinski definition) is 2. The number of hydrogen-bond acceptors (Lipinski definition) is 7. The lowest BCUT2D eigenvalue weighted by atomic mass is 10.2. The fraction of sp³-hybridized carbons (Fsp3) is 0.0588. The molecule has 0 fully saturated rings. The first kappa shape index (κ1) is 15.6. The Morgan fingerprint density at radius 1 is 1.08 bits per heavy atom. The molecular weight excluding hydrogens is 332 g/mol. The predicted molar refractivity (Wildman–Crippen MR) is 94.5 cm³/mol. The molecule has 9 heteroatoms. The summed E-state index contributed by atoms with van der Waals surface area (Å²) in [5.41, 5.74) is 7.75. The maximum atomic E-state index is 11.5. The number of nitrogens with two attached hydrogens (primary N) is 1. The van der Waals surface area contributed by atoms with E-state index in [0.717, 1.165) is 5.56 Å². The van der Waals surface area contributed by atoms with Crippen LogP contribution in [-0.2, 0) is 6.54 Å². The van der Waals surface area contributed by atoms with Crippen molar-refractivity contribution >= 4 is 22.8 Å². The summed E-state index contributed by atoms with van der Waals surface area (Å²) in [4.78, 5) is 15.9. The largest absolute Gasteiger partial charge is 0.366 e. The van der Waals surface area contributed by atoms with Crippen LogP contribution < -0.4 is 11.1 Å². The summed E-state index contributed by atoms with van der Waals surface area (Å²) < 4.78 is 1.42. The van der Waals surface area contributed by atoms with Crippen LogP contribution in [0.5, 0.6) is 0 Å². The second kappa shape index (κ2) is 6.55. The third-order valence-electron chi connectivity index (χ3n) is 3.80. The standard InChI is InChI=1S/C17H14N8O/c18-16(26)12-7-4-8-13-15(12)22-24-25(13)17-21-14(10-20-23-17)19-9-11-5-2-1-3-6-11/h1-8,10H,9H2,(H2,18,26)(H,19,21,23). The zero-order valence-corrected chi connectivity index (χ0v) is 13.6. The van der Waals surface area contributed by atoms with Crippen molar-refractivity contribution in [1.82, 2.24) is 30.2 Å². The molecule has 1 amide bonds. The molecule has 0 unspecified atom stereocenters. The van der Waals surface area contributed by atoms with Gasteiger partial charge in [0.15, 0.2) is 5.82 Å². The highest BCUT2D eigenvalue weighted by Crippen LogP contribution is 2.18. The Kier molecular flexibility index (Phi) is 3.94. The van der Waals surface area contributed by atoms with Crippen molar-refractivity contribution in [2.45, 2.75) is 6.54 Å². The van der Waals surface area contributed by atoms with Crippen LogP contribution in [0.2, 0.25) is 0 Å². The van der Waals surface area contributed by atoms with Crippen LogP contribution in [0.25, 0.3) is 17.0 Å². The quantitative estimate of drug-likeness (QED) is 0.558. The minimum absolute atomic E-state index is 0.243. The van der Waals surface area contributed by atoms with Gasteiger partial charge in [-0.15, -0.1) is 10.2 Å². The number of benzene rings is 2. The van der Waals surface area contributed by atoms with Crippen molar-refractivity contribution in [3.8, 4) is 5.95 Å². The smallest absolute Gasteiger partial charge is 0.274 e. The number of aromatic nitrogens is 6. The number of fused-ring (bicyclic) bond motifs is 1. The van der Waals surface area contributed by atoms with Crippen LogP contribution in [0.4, 0.5) is 5.82 Å². The molecule has 0 atom stereocenters. The molecule has 9 nitrogen and oxygen atoms in total. The Bertz CT molecular complexity index is 1080. The summed E-state index contributed by atoms with van der Waals surface area (Å²) in [6, 6.07) is 15.0. The van der Waals surface area contributed by atoms with E-state index in [1.54, 1.807) is 18.2 Å². The highest BCUT2D eigenvalue weighted by atomic mass is 16.1. The Labute approximate surface area is 147 Å². The minimum Gasteiger partial charge on any atom is -0.366 e. The third-order valence-corrected chi connectivity index (χ3v) is 3.80. The highest BCUT2D eigenvalue weighted by molar-refractivity contribution is 6.03.